The molecule has 1 radical (unpaired) electrons. The lowest BCUT2D eigenvalue weighted by Crippen LogP contribution is -1.96. The summed E-state index contributed by atoms with van der Waals surface area (Å²) in [7, 11) is 0. The number of benzene rings is 1. The highest BCUT2D eigenvalue weighted by molar-refractivity contribution is 7.98. The molecule has 0 N–H and O–H groups in total. The third kappa shape index (κ3) is 3.51. The van der Waals surface area contributed by atoms with E-state index in [0.717, 1.165) is 6.42 Å². The topological polar surface area (TPSA) is 26.3 Å². The SMILES string of the molecule is CSc1cccc(CCO[C]=O)c1. The minimum Gasteiger partial charge on any atom is -0.457 e. The van der Waals surface area contributed by atoms with Crippen molar-refractivity contribution >= 4 is 18.2 Å². The highest BCUT2D eigenvalue weighted by Crippen LogP contribution is 2.15. The molecule has 0 aromatic heterocycles. The first-order chi connectivity index (χ1) is 6.36. The van der Waals surface area contributed by atoms with E-state index in [-0.39, 0.29) is 0 Å². The van der Waals surface area contributed by atoms with Crippen molar-refractivity contribution in [2.75, 3.05) is 12.9 Å². The average molecular weight is 195 g/mol. The minimum absolute atomic E-state index is 0.404. The van der Waals surface area contributed by atoms with Gasteiger partial charge in [0.25, 0.3) is 0 Å². The monoisotopic (exact) mass is 195 g/mol. The zero-order chi connectivity index (χ0) is 9.52. The molecule has 0 amide bonds. The predicted octanol–water partition coefficient (Wildman–Crippen LogP) is 2.03. The maximum Gasteiger partial charge on any atom is 0.417 e. The molecule has 0 aliphatic carbocycles. The molecule has 2 nitrogen and oxygen atoms in total. The van der Waals surface area contributed by atoms with Crippen molar-refractivity contribution in [3.63, 3.8) is 0 Å². The first-order valence-corrected chi connectivity index (χ1v) is 5.21. The van der Waals surface area contributed by atoms with Crippen molar-refractivity contribution in [3.05, 3.63) is 29.8 Å². The maximum absolute atomic E-state index is 9.77. The highest BCUT2D eigenvalue weighted by Gasteiger charge is 1.95. The Morgan fingerprint density at radius 3 is 3.08 bits per heavy atom. The molecule has 0 fully saturated rings. The van der Waals surface area contributed by atoms with Gasteiger partial charge in [0, 0.05) is 11.3 Å². The van der Waals surface area contributed by atoms with Crippen LogP contribution in [0.4, 0.5) is 0 Å². The summed E-state index contributed by atoms with van der Waals surface area (Å²) in [6, 6.07) is 8.18. The van der Waals surface area contributed by atoms with Gasteiger partial charge in [0.05, 0.1) is 6.61 Å². The molecular formula is C10H11O2S. The van der Waals surface area contributed by atoms with Crippen LogP contribution in [0.1, 0.15) is 5.56 Å². The van der Waals surface area contributed by atoms with E-state index in [1.165, 1.54) is 16.9 Å². The van der Waals surface area contributed by atoms with Crippen LogP contribution in [0.15, 0.2) is 29.2 Å². The van der Waals surface area contributed by atoms with E-state index in [0.29, 0.717) is 6.61 Å². The van der Waals surface area contributed by atoms with Gasteiger partial charge in [0.15, 0.2) is 0 Å². The van der Waals surface area contributed by atoms with Gasteiger partial charge in [0.2, 0.25) is 0 Å². The van der Waals surface area contributed by atoms with Crippen LogP contribution in [0.2, 0.25) is 0 Å². The summed E-state index contributed by atoms with van der Waals surface area (Å²) in [5.74, 6) is 0. The van der Waals surface area contributed by atoms with Crippen molar-refractivity contribution < 1.29 is 9.53 Å². The Morgan fingerprint density at radius 2 is 2.38 bits per heavy atom. The summed E-state index contributed by atoms with van der Waals surface area (Å²) in [4.78, 5) is 11.0. The van der Waals surface area contributed by atoms with Crippen LogP contribution in [0, 0.1) is 0 Å². The summed E-state index contributed by atoms with van der Waals surface area (Å²) in [5.41, 5.74) is 1.18. The Morgan fingerprint density at radius 1 is 1.54 bits per heavy atom. The lowest BCUT2D eigenvalue weighted by Gasteiger charge is -2.01. The van der Waals surface area contributed by atoms with Crippen LogP contribution in [0.25, 0.3) is 0 Å². The van der Waals surface area contributed by atoms with Gasteiger partial charge in [-0.25, -0.2) is 4.79 Å². The summed E-state index contributed by atoms with van der Waals surface area (Å²) in [6.45, 7) is 1.82. The molecule has 0 aliphatic heterocycles. The zero-order valence-corrected chi connectivity index (χ0v) is 8.26. The van der Waals surface area contributed by atoms with Crippen molar-refractivity contribution in [2.45, 2.75) is 11.3 Å². The lowest BCUT2D eigenvalue weighted by atomic mass is 10.2. The Labute approximate surface area is 82.3 Å². The molecule has 0 unspecified atom stereocenters. The van der Waals surface area contributed by atoms with Crippen molar-refractivity contribution in [1.29, 1.82) is 0 Å². The first-order valence-electron chi connectivity index (χ1n) is 3.98. The van der Waals surface area contributed by atoms with Crippen LogP contribution in [0.5, 0.6) is 0 Å². The second-order valence-electron chi connectivity index (χ2n) is 2.53. The number of thioether (sulfide) groups is 1. The van der Waals surface area contributed by atoms with Crippen LogP contribution >= 0.6 is 11.8 Å². The number of rotatable bonds is 5. The lowest BCUT2D eigenvalue weighted by molar-refractivity contribution is 0.281. The Bertz CT molecular complexity index is 273. The van der Waals surface area contributed by atoms with Crippen molar-refractivity contribution in [3.8, 4) is 0 Å². The van der Waals surface area contributed by atoms with E-state index >= 15 is 0 Å². The van der Waals surface area contributed by atoms with Gasteiger partial charge in [-0.1, -0.05) is 12.1 Å². The number of hydrogen-bond donors (Lipinski definition) is 0. The fourth-order valence-electron chi connectivity index (χ4n) is 1.04. The number of hydrogen-bond acceptors (Lipinski definition) is 3. The molecule has 1 aromatic rings. The van der Waals surface area contributed by atoms with Crippen LogP contribution in [0.3, 0.4) is 0 Å². The molecule has 0 saturated heterocycles. The predicted molar refractivity (Wildman–Crippen MR) is 53.6 cm³/mol. The quantitative estimate of drug-likeness (QED) is 0.531. The van der Waals surface area contributed by atoms with Crippen LogP contribution in [-0.4, -0.2) is 19.3 Å². The maximum atomic E-state index is 9.77. The second-order valence-corrected chi connectivity index (χ2v) is 3.41. The van der Waals surface area contributed by atoms with Crippen molar-refractivity contribution in [2.24, 2.45) is 0 Å². The fourth-order valence-corrected chi connectivity index (χ4v) is 1.52. The molecule has 0 aliphatic rings. The van der Waals surface area contributed by atoms with Gasteiger partial charge in [-0.3, -0.25) is 0 Å². The standard InChI is InChI=1S/C10H11O2S/c1-13-10-4-2-3-9(7-10)5-6-12-8-11/h2-4,7H,5-6H2,1H3. The van der Waals surface area contributed by atoms with Gasteiger partial charge in [0.1, 0.15) is 0 Å². The minimum atomic E-state index is 0.404. The zero-order valence-electron chi connectivity index (χ0n) is 7.45. The molecule has 0 atom stereocenters. The Kier molecular flexibility index (Phi) is 4.40. The molecule has 0 bridgehead atoms. The molecule has 69 valence electrons. The summed E-state index contributed by atoms with van der Waals surface area (Å²) < 4.78 is 4.50. The summed E-state index contributed by atoms with van der Waals surface area (Å²) >= 11 is 1.70. The Balaban J connectivity index is 2.50. The molecule has 3 heteroatoms. The van der Waals surface area contributed by atoms with Crippen LogP contribution in [-0.2, 0) is 16.0 Å². The van der Waals surface area contributed by atoms with E-state index in [2.05, 4.69) is 16.9 Å². The van der Waals surface area contributed by atoms with Crippen molar-refractivity contribution in [1.82, 2.24) is 0 Å². The molecule has 13 heavy (non-hydrogen) atoms. The van der Waals surface area contributed by atoms with E-state index in [1.807, 2.05) is 18.4 Å². The Hall–Kier alpha value is -0.960. The van der Waals surface area contributed by atoms with E-state index in [9.17, 15) is 4.79 Å². The molecule has 1 aromatic carbocycles. The third-order valence-corrected chi connectivity index (χ3v) is 2.41. The van der Waals surface area contributed by atoms with Gasteiger partial charge < -0.3 is 4.74 Å². The summed E-state index contributed by atoms with van der Waals surface area (Å²) in [5, 5.41) is 0. The normalized spacial score (nSPS) is 9.62. The first kappa shape index (κ1) is 10.1. The van der Waals surface area contributed by atoms with E-state index in [1.54, 1.807) is 11.8 Å². The molecular weight excluding hydrogens is 184 g/mol. The highest BCUT2D eigenvalue weighted by atomic mass is 32.2. The molecule has 1 rings (SSSR count). The fraction of sp³-hybridized carbons (Fsp3) is 0.300. The number of ether oxygens (including phenoxy) is 1. The second kappa shape index (κ2) is 5.65. The average Bonchev–Trinajstić information content (AvgIpc) is 2.19. The third-order valence-electron chi connectivity index (χ3n) is 1.69. The van der Waals surface area contributed by atoms with E-state index in [4.69, 9.17) is 0 Å². The molecule has 0 spiro atoms. The van der Waals surface area contributed by atoms with Gasteiger partial charge >= 0.3 is 6.47 Å². The smallest absolute Gasteiger partial charge is 0.417 e. The summed E-state index contributed by atoms with van der Waals surface area (Å²) in [6.07, 6.45) is 2.79. The van der Waals surface area contributed by atoms with Gasteiger partial charge in [-0.15, -0.1) is 11.8 Å². The van der Waals surface area contributed by atoms with Crippen LogP contribution < -0.4 is 0 Å². The van der Waals surface area contributed by atoms with Gasteiger partial charge in [-0.2, -0.15) is 0 Å². The molecule has 0 heterocycles. The van der Waals surface area contributed by atoms with Gasteiger partial charge in [-0.05, 0) is 24.0 Å². The largest absolute Gasteiger partial charge is 0.457 e. The molecule has 0 saturated carbocycles. The van der Waals surface area contributed by atoms with E-state index < -0.39 is 0 Å². The number of carbonyl (C=O) groups excluding carboxylic acids is 1.